The van der Waals surface area contributed by atoms with Gasteiger partial charge in [0.05, 0.1) is 0 Å². The SMILES string of the molecule is COCCC(C)N1C(=O)C(C(C)(C)C)NC(=O)C1C. The highest BCUT2D eigenvalue weighted by Crippen LogP contribution is 2.26. The van der Waals surface area contributed by atoms with E-state index in [2.05, 4.69) is 5.32 Å². The smallest absolute Gasteiger partial charge is 0.246 e. The Morgan fingerprint density at radius 1 is 1.37 bits per heavy atom. The van der Waals surface area contributed by atoms with Crippen LogP contribution in [0.5, 0.6) is 0 Å². The minimum Gasteiger partial charge on any atom is -0.385 e. The van der Waals surface area contributed by atoms with Crippen LogP contribution in [-0.2, 0) is 14.3 Å². The first kappa shape index (κ1) is 16.0. The highest BCUT2D eigenvalue weighted by molar-refractivity contribution is 5.97. The van der Waals surface area contributed by atoms with Crippen LogP contribution in [-0.4, -0.2) is 48.6 Å². The van der Waals surface area contributed by atoms with Gasteiger partial charge < -0.3 is 15.0 Å². The molecule has 0 aromatic heterocycles. The molecule has 0 aromatic carbocycles. The van der Waals surface area contributed by atoms with Gasteiger partial charge in [0.1, 0.15) is 12.1 Å². The minimum atomic E-state index is -0.457. The molecule has 0 bridgehead atoms. The Labute approximate surface area is 115 Å². The van der Waals surface area contributed by atoms with Crippen molar-refractivity contribution in [3.05, 3.63) is 0 Å². The van der Waals surface area contributed by atoms with Crippen LogP contribution < -0.4 is 5.32 Å². The number of nitrogens with one attached hydrogen (secondary N) is 1. The van der Waals surface area contributed by atoms with Crippen molar-refractivity contribution in [2.75, 3.05) is 13.7 Å². The Morgan fingerprint density at radius 3 is 2.42 bits per heavy atom. The number of hydrogen-bond acceptors (Lipinski definition) is 3. The molecule has 3 atom stereocenters. The lowest BCUT2D eigenvalue weighted by Gasteiger charge is -2.44. The second-order valence-corrected chi connectivity index (χ2v) is 6.36. The first-order chi connectivity index (χ1) is 8.70. The fourth-order valence-electron chi connectivity index (χ4n) is 2.40. The van der Waals surface area contributed by atoms with Crippen LogP contribution in [0.15, 0.2) is 0 Å². The third-order valence-corrected chi connectivity index (χ3v) is 3.67. The topological polar surface area (TPSA) is 58.6 Å². The van der Waals surface area contributed by atoms with Crippen molar-refractivity contribution in [2.45, 2.75) is 59.2 Å². The molecule has 1 N–H and O–H groups in total. The molecule has 5 nitrogen and oxygen atoms in total. The zero-order valence-corrected chi connectivity index (χ0v) is 12.8. The first-order valence-corrected chi connectivity index (χ1v) is 6.81. The van der Waals surface area contributed by atoms with Crippen LogP contribution >= 0.6 is 0 Å². The molecule has 0 aromatic rings. The average molecular weight is 270 g/mol. The van der Waals surface area contributed by atoms with Gasteiger partial charge in [-0.1, -0.05) is 20.8 Å². The minimum absolute atomic E-state index is 0.00153. The van der Waals surface area contributed by atoms with Crippen molar-refractivity contribution < 1.29 is 14.3 Å². The molecule has 0 radical (unpaired) electrons. The summed E-state index contributed by atoms with van der Waals surface area (Å²) in [5, 5.41) is 2.84. The van der Waals surface area contributed by atoms with Gasteiger partial charge in [0, 0.05) is 19.8 Å². The number of methoxy groups -OCH3 is 1. The molecular weight excluding hydrogens is 244 g/mol. The highest BCUT2D eigenvalue weighted by atomic mass is 16.5. The van der Waals surface area contributed by atoms with E-state index in [4.69, 9.17) is 4.74 Å². The van der Waals surface area contributed by atoms with Crippen LogP contribution in [0, 0.1) is 5.41 Å². The molecule has 1 aliphatic rings. The summed E-state index contributed by atoms with van der Waals surface area (Å²) in [6.07, 6.45) is 0.733. The maximum Gasteiger partial charge on any atom is 0.246 e. The van der Waals surface area contributed by atoms with Crippen LogP contribution in [0.4, 0.5) is 0 Å². The first-order valence-electron chi connectivity index (χ1n) is 6.81. The lowest BCUT2D eigenvalue weighted by molar-refractivity contribution is -0.154. The molecular formula is C14H26N2O3. The molecule has 0 aliphatic carbocycles. The predicted octanol–water partition coefficient (Wildman–Crippen LogP) is 1.17. The molecule has 2 amide bonds. The number of carbonyl (C=O) groups is 2. The summed E-state index contributed by atoms with van der Waals surface area (Å²) in [4.78, 5) is 26.4. The van der Waals surface area contributed by atoms with E-state index < -0.39 is 12.1 Å². The van der Waals surface area contributed by atoms with Gasteiger partial charge in [-0.15, -0.1) is 0 Å². The average Bonchev–Trinajstić information content (AvgIpc) is 2.30. The number of carbonyl (C=O) groups excluding carboxylic acids is 2. The van der Waals surface area contributed by atoms with Crippen LogP contribution in [0.25, 0.3) is 0 Å². The predicted molar refractivity (Wildman–Crippen MR) is 73.6 cm³/mol. The Bertz CT molecular complexity index is 349. The fourth-order valence-corrected chi connectivity index (χ4v) is 2.40. The van der Waals surface area contributed by atoms with Gasteiger partial charge in [-0.05, 0) is 25.7 Å². The standard InChI is InChI=1S/C14H26N2O3/c1-9(7-8-19-6)16-10(2)12(17)15-11(13(16)18)14(3,4)5/h9-11H,7-8H2,1-6H3,(H,15,17). The number of ether oxygens (including phenoxy) is 1. The van der Waals surface area contributed by atoms with E-state index in [0.717, 1.165) is 6.42 Å². The number of nitrogens with zero attached hydrogens (tertiary/aromatic N) is 1. The van der Waals surface area contributed by atoms with Crippen LogP contribution in [0.1, 0.15) is 41.0 Å². The van der Waals surface area contributed by atoms with Gasteiger partial charge in [-0.25, -0.2) is 0 Å². The summed E-state index contributed by atoms with van der Waals surface area (Å²) < 4.78 is 5.06. The van der Waals surface area contributed by atoms with E-state index in [1.807, 2.05) is 27.7 Å². The molecule has 1 aliphatic heterocycles. The summed E-state index contributed by atoms with van der Waals surface area (Å²) in [6.45, 7) is 10.2. The van der Waals surface area contributed by atoms with Crippen molar-refractivity contribution >= 4 is 11.8 Å². The van der Waals surface area contributed by atoms with Crippen molar-refractivity contribution in [3.63, 3.8) is 0 Å². The van der Waals surface area contributed by atoms with E-state index in [0.29, 0.717) is 6.61 Å². The maximum absolute atomic E-state index is 12.6. The van der Waals surface area contributed by atoms with E-state index in [-0.39, 0.29) is 23.3 Å². The Balaban J connectivity index is 2.93. The second-order valence-electron chi connectivity index (χ2n) is 6.36. The maximum atomic E-state index is 12.6. The van der Waals surface area contributed by atoms with Crippen molar-refractivity contribution in [3.8, 4) is 0 Å². The number of amides is 2. The number of hydrogen-bond donors (Lipinski definition) is 1. The summed E-state index contributed by atoms with van der Waals surface area (Å²) in [6, 6.07) is -0.877. The van der Waals surface area contributed by atoms with E-state index in [1.165, 1.54) is 0 Å². The number of piperazine rings is 1. The Kier molecular flexibility index (Phi) is 4.96. The third-order valence-electron chi connectivity index (χ3n) is 3.67. The lowest BCUT2D eigenvalue weighted by Crippen LogP contribution is -2.67. The van der Waals surface area contributed by atoms with Gasteiger partial charge in [0.15, 0.2) is 0 Å². The molecule has 1 heterocycles. The molecule has 110 valence electrons. The zero-order chi connectivity index (χ0) is 14.8. The van der Waals surface area contributed by atoms with Crippen molar-refractivity contribution in [1.82, 2.24) is 10.2 Å². The highest BCUT2D eigenvalue weighted by Gasteiger charge is 2.44. The summed E-state index contributed by atoms with van der Waals surface area (Å²) in [5.74, 6) is -0.0769. The van der Waals surface area contributed by atoms with E-state index >= 15 is 0 Å². The molecule has 5 heteroatoms. The zero-order valence-electron chi connectivity index (χ0n) is 12.8. The molecule has 3 unspecified atom stereocenters. The lowest BCUT2D eigenvalue weighted by atomic mass is 9.83. The largest absolute Gasteiger partial charge is 0.385 e. The quantitative estimate of drug-likeness (QED) is 0.834. The molecule has 1 fully saturated rings. The summed E-state index contributed by atoms with van der Waals surface area (Å²) >= 11 is 0. The van der Waals surface area contributed by atoms with E-state index in [1.54, 1.807) is 18.9 Å². The summed E-state index contributed by atoms with van der Waals surface area (Å²) in [5.41, 5.74) is -0.286. The molecule has 19 heavy (non-hydrogen) atoms. The Hall–Kier alpha value is -1.10. The van der Waals surface area contributed by atoms with E-state index in [9.17, 15) is 9.59 Å². The third kappa shape index (κ3) is 3.47. The van der Waals surface area contributed by atoms with Gasteiger partial charge in [-0.2, -0.15) is 0 Å². The fraction of sp³-hybridized carbons (Fsp3) is 0.857. The summed E-state index contributed by atoms with van der Waals surface area (Å²) in [7, 11) is 1.64. The molecule has 1 saturated heterocycles. The van der Waals surface area contributed by atoms with Crippen LogP contribution in [0.3, 0.4) is 0 Å². The molecule has 1 rings (SSSR count). The van der Waals surface area contributed by atoms with Crippen LogP contribution in [0.2, 0.25) is 0 Å². The van der Waals surface area contributed by atoms with Gasteiger partial charge >= 0.3 is 0 Å². The van der Waals surface area contributed by atoms with Crippen molar-refractivity contribution in [1.29, 1.82) is 0 Å². The normalized spacial score (nSPS) is 26.3. The molecule has 0 spiro atoms. The van der Waals surface area contributed by atoms with Gasteiger partial charge in [-0.3, -0.25) is 9.59 Å². The second kappa shape index (κ2) is 5.90. The monoisotopic (exact) mass is 270 g/mol. The Morgan fingerprint density at radius 2 is 1.95 bits per heavy atom. The molecule has 0 saturated carbocycles. The van der Waals surface area contributed by atoms with Gasteiger partial charge in [0.25, 0.3) is 0 Å². The van der Waals surface area contributed by atoms with Crippen molar-refractivity contribution in [2.24, 2.45) is 5.41 Å². The van der Waals surface area contributed by atoms with Gasteiger partial charge in [0.2, 0.25) is 11.8 Å². The number of rotatable bonds is 4.